The highest BCUT2D eigenvalue weighted by atomic mass is 35.5. The summed E-state index contributed by atoms with van der Waals surface area (Å²) < 4.78 is 10.8. The van der Waals surface area contributed by atoms with Crippen LogP contribution in [0.15, 0.2) is 52.9 Å². The van der Waals surface area contributed by atoms with Crippen molar-refractivity contribution in [1.29, 1.82) is 0 Å². The molecule has 0 saturated carbocycles. The second-order valence-electron chi connectivity index (χ2n) is 5.42. The third-order valence-corrected chi connectivity index (χ3v) is 4.47. The lowest BCUT2D eigenvalue weighted by atomic mass is 10.1. The van der Waals surface area contributed by atoms with E-state index in [1.54, 1.807) is 42.5 Å². The number of halogens is 2. The van der Waals surface area contributed by atoms with Crippen molar-refractivity contribution >= 4 is 34.8 Å². The van der Waals surface area contributed by atoms with Crippen LogP contribution in [0.4, 0.5) is 5.69 Å². The molecule has 3 rings (SSSR count). The number of aliphatic hydroxyl groups is 1. The fourth-order valence-corrected chi connectivity index (χ4v) is 2.71. The molecule has 0 aliphatic carbocycles. The summed E-state index contributed by atoms with van der Waals surface area (Å²) in [6.45, 7) is -0.183. The van der Waals surface area contributed by atoms with Crippen molar-refractivity contribution in [1.82, 2.24) is 0 Å². The van der Waals surface area contributed by atoms with Gasteiger partial charge in [-0.1, -0.05) is 23.2 Å². The summed E-state index contributed by atoms with van der Waals surface area (Å²) in [5.74, 6) is 1.17. The molecule has 0 saturated heterocycles. The number of hydrogen-bond acceptors (Lipinski definition) is 4. The fourth-order valence-electron chi connectivity index (χ4n) is 2.41. The summed E-state index contributed by atoms with van der Waals surface area (Å²) in [7, 11) is 1.51. The average Bonchev–Trinajstić information content (AvgIpc) is 3.13. The maximum absolute atomic E-state index is 12.5. The summed E-state index contributed by atoms with van der Waals surface area (Å²) in [4.78, 5) is 12.5. The van der Waals surface area contributed by atoms with Crippen molar-refractivity contribution in [3.05, 3.63) is 69.9 Å². The number of methoxy groups -OCH3 is 1. The van der Waals surface area contributed by atoms with E-state index < -0.39 is 0 Å². The first-order valence-electron chi connectivity index (χ1n) is 7.66. The second-order valence-corrected chi connectivity index (χ2v) is 6.24. The van der Waals surface area contributed by atoms with Crippen LogP contribution in [0.25, 0.3) is 11.3 Å². The van der Waals surface area contributed by atoms with Crippen LogP contribution in [0.5, 0.6) is 5.75 Å². The van der Waals surface area contributed by atoms with Gasteiger partial charge >= 0.3 is 0 Å². The molecule has 0 bridgehead atoms. The van der Waals surface area contributed by atoms with Gasteiger partial charge in [0, 0.05) is 11.1 Å². The number of anilines is 1. The molecule has 1 heterocycles. The van der Waals surface area contributed by atoms with Crippen molar-refractivity contribution in [3.8, 4) is 17.1 Å². The molecule has 5 nitrogen and oxygen atoms in total. The Kier molecular flexibility index (Phi) is 5.52. The SMILES string of the molecule is COc1ccc(-c2ccc(CO)o2)cc1NC(=O)c1ccc(Cl)c(Cl)c1. The molecule has 0 aliphatic rings. The van der Waals surface area contributed by atoms with Crippen LogP contribution < -0.4 is 10.1 Å². The Labute approximate surface area is 160 Å². The predicted octanol–water partition coefficient (Wildman–Crippen LogP) is 5.01. The first-order chi connectivity index (χ1) is 12.5. The molecule has 0 atom stereocenters. The number of hydrogen-bond donors (Lipinski definition) is 2. The smallest absolute Gasteiger partial charge is 0.255 e. The number of benzene rings is 2. The number of ether oxygens (including phenoxy) is 1. The Morgan fingerprint density at radius 1 is 1.12 bits per heavy atom. The highest BCUT2D eigenvalue weighted by molar-refractivity contribution is 6.42. The van der Waals surface area contributed by atoms with Gasteiger partial charge in [-0.15, -0.1) is 0 Å². The van der Waals surface area contributed by atoms with E-state index in [0.29, 0.717) is 38.6 Å². The number of carbonyl (C=O) groups is 1. The molecule has 1 aromatic heterocycles. The molecule has 3 aromatic rings. The van der Waals surface area contributed by atoms with Gasteiger partial charge in [-0.05, 0) is 48.5 Å². The third kappa shape index (κ3) is 3.85. The zero-order chi connectivity index (χ0) is 18.7. The Hall–Kier alpha value is -2.47. The first kappa shape index (κ1) is 18.3. The number of carbonyl (C=O) groups excluding carboxylic acids is 1. The van der Waals surface area contributed by atoms with Crippen molar-refractivity contribution in [2.75, 3.05) is 12.4 Å². The van der Waals surface area contributed by atoms with Crippen molar-refractivity contribution in [2.24, 2.45) is 0 Å². The molecule has 0 fully saturated rings. The lowest BCUT2D eigenvalue weighted by Gasteiger charge is -2.12. The molecule has 2 N–H and O–H groups in total. The van der Waals surface area contributed by atoms with Crippen molar-refractivity contribution in [3.63, 3.8) is 0 Å². The minimum Gasteiger partial charge on any atom is -0.495 e. The van der Waals surface area contributed by atoms with Crippen molar-refractivity contribution in [2.45, 2.75) is 6.61 Å². The van der Waals surface area contributed by atoms with Gasteiger partial charge in [-0.25, -0.2) is 0 Å². The fraction of sp³-hybridized carbons (Fsp3) is 0.105. The summed E-state index contributed by atoms with van der Waals surface area (Å²) >= 11 is 11.9. The third-order valence-electron chi connectivity index (χ3n) is 3.73. The van der Waals surface area contributed by atoms with Crippen LogP contribution in [0.2, 0.25) is 10.0 Å². The predicted molar refractivity (Wildman–Crippen MR) is 101 cm³/mol. The topological polar surface area (TPSA) is 71.7 Å². The molecular formula is C19H15Cl2NO4. The van der Waals surface area contributed by atoms with Gasteiger partial charge in [0.1, 0.15) is 23.9 Å². The summed E-state index contributed by atoms with van der Waals surface area (Å²) in [6.07, 6.45) is 0. The maximum atomic E-state index is 12.5. The van der Waals surface area contributed by atoms with Gasteiger partial charge in [0.2, 0.25) is 0 Å². The van der Waals surface area contributed by atoms with Gasteiger partial charge in [0.25, 0.3) is 5.91 Å². The summed E-state index contributed by atoms with van der Waals surface area (Å²) in [6, 6.07) is 13.3. The van der Waals surface area contributed by atoms with Crippen LogP contribution in [0, 0.1) is 0 Å². The largest absolute Gasteiger partial charge is 0.495 e. The minimum absolute atomic E-state index is 0.183. The normalized spacial score (nSPS) is 10.6. The van der Waals surface area contributed by atoms with Crippen LogP contribution >= 0.6 is 23.2 Å². The molecule has 2 aromatic carbocycles. The highest BCUT2D eigenvalue weighted by Gasteiger charge is 2.14. The van der Waals surface area contributed by atoms with E-state index in [4.69, 9.17) is 37.5 Å². The molecule has 0 aliphatic heterocycles. The number of amides is 1. The second kappa shape index (κ2) is 7.83. The number of rotatable bonds is 5. The highest BCUT2D eigenvalue weighted by Crippen LogP contribution is 2.32. The lowest BCUT2D eigenvalue weighted by Crippen LogP contribution is -2.12. The number of nitrogens with one attached hydrogen (secondary N) is 1. The molecule has 26 heavy (non-hydrogen) atoms. The van der Waals surface area contributed by atoms with Gasteiger partial charge in [0.15, 0.2) is 0 Å². The van der Waals surface area contributed by atoms with E-state index in [1.165, 1.54) is 13.2 Å². The van der Waals surface area contributed by atoms with Crippen LogP contribution in [0.3, 0.4) is 0 Å². The quantitative estimate of drug-likeness (QED) is 0.641. The van der Waals surface area contributed by atoms with Crippen LogP contribution in [0.1, 0.15) is 16.1 Å². The Bertz CT molecular complexity index is 952. The molecule has 1 amide bonds. The lowest BCUT2D eigenvalue weighted by molar-refractivity contribution is 0.102. The Balaban J connectivity index is 1.91. The van der Waals surface area contributed by atoms with E-state index in [9.17, 15) is 4.79 Å². The van der Waals surface area contributed by atoms with Crippen molar-refractivity contribution < 1.29 is 19.1 Å². The average molecular weight is 392 g/mol. The molecule has 134 valence electrons. The molecular weight excluding hydrogens is 377 g/mol. The van der Waals surface area contributed by atoms with E-state index >= 15 is 0 Å². The Morgan fingerprint density at radius 3 is 2.58 bits per heavy atom. The standard InChI is InChI=1S/C19H15Cl2NO4/c1-25-18-6-3-11(17-7-4-13(10-23)26-17)9-16(18)22-19(24)12-2-5-14(20)15(21)8-12/h2-9,23H,10H2,1H3,(H,22,24). The molecule has 0 radical (unpaired) electrons. The van der Waals surface area contributed by atoms with Gasteiger partial charge in [0.05, 0.1) is 22.8 Å². The van der Waals surface area contributed by atoms with E-state index in [2.05, 4.69) is 5.32 Å². The zero-order valence-electron chi connectivity index (χ0n) is 13.8. The van der Waals surface area contributed by atoms with Crippen LogP contribution in [-0.2, 0) is 6.61 Å². The molecule has 0 spiro atoms. The van der Waals surface area contributed by atoms with Crippen LogP contribution in [-0.4, -0.2) is 18.1 Å². The molecule has 0 unspecified atom stereocenters. The summed E-state index contributed by atoms with van der Waals surface area (Å²) in [5.41, 5.74) is 1.57. The molecule has 7 heteroatoms. The zero-order valence-corrected chi connectivity index (χ0v) is 15.3. The van der Waals surface area contributed by atoms with Gasteiger partial charge in [-0.2, -0.15) is 0 Å². The van der Waals surface area contributed by atoms with E-state index in [1.807, 2.05) is 0 Å². The monoisotopic (exact) mass is 391 g/mol. The van der Waals surface area contributed by atoms with Gasteiger partial charge in [-0.3, -0.25) is 4.79 Å². The summed E-state index contributed by atoms with van der Waals surface area (Å²) in [5, 5.41) is 12.6. The Morgan fingerprint density at radius 2 is 1.92 bits per heavy atom. The first-order valence-corrected chi connectivity index (χ1v) is 8.42. The van der Waals surface area contributed by atoms with Gasteiger partial charge < -0.3 is 19.6 Å². The van der Waals surface area contributed by atoms with E-state index in [0.717, 1.165) is 5.56 Å². The number of aliphatic hydroxyl groups excluding tert-OH is 1. The minimum atomic E-state index is -0.352. The number of furan rings is 1. The van der Waals surface area contributed by atoms with E-state index in [-0.39, 0.29) is 12.5 Å². The maximum Gasteiger partial charge on any atom is 0.255 e.